The quantitative estimate of drug-likeness (QED) is 0.704. The lowest BCUT2D eigenvalue weighted by Crippen LogP contribution is -1.89. The minimum absolute atomic E-state index is 0.0871. The molecule has 1 aromatic carbocycles. The summed E-state index contributed by atoms with van der Waals surface area (Å²) in [5.41, 5.74) is 3.01. The molecule has 1 rings (SSSR count). The minimum Gasteiger partial charge on any atom is -0.392 e. The van der Waals surface area contributed by atoms with Gasteiger partial charge in [0.1, 0.15) is 0 Å². The van der Waals surface area contributed by atoms with Gasteiger partial charge in [0.25, 0.3) is 0 Å². The van der Waals surface area contributed by atoms with Gasteiger partial charge in [-0.25, -0.2) is 0 Å². The van der Waals surface area contributed by atoms with Crippen molar-refractivity contribution >= 4 is 11.6 Å². The molecule has 0 aromatic heterocycles. The lowest BCUT2D eigenvalue weighted by Gasteiger charge is -2.04. The molecule has 0 aliphatic heterocycles. The molecule has 0 radical (unpaired) electrons. The van der Waals surface area contributed by atoms with Crippen molar-refractivity contribution in [2.75, 3.05) is 0 Å². The van der Waals surface area contributed by atoms with Crippen LogP contribution in [0.1, 0.15) is 58.2 Å². The first kappa shape index (κ1) is 21.7. The van der Waals surface area contributed by atoms with E-state index in [1.807, 2.05) is 67.5 Å². The molecule has 0 unspecified atom stereocenters. The maximum absolute atomic E-state index is 8.89. The normalized spacial score (nSPS) is 7.65. The molecule has 0 fully saturated rings. The van der Waals surface area contributed by atoms with Crippen LogP contribution in [0.4, 0.5) is 0 Å². The maximum Gasteiger partial charge on any atom is 0.0684 e. The molecule has 0 saturated carbocycles. The third kappa shape index (κ3) is 9.20. The van der Waals surface area contributed by atoms with E-state index in [1.165, 1.54) is 0 Å². The van der Waals surface area contributed by atoms with E-state index in [0.717, 1.165) is 21.7 Å². The summed E-state index contributed by atoms with van der Waals surface area (Å²) in [6, 6.07) is 3.79. The number of hydrogen-bond donors (Lipinski definition) is 1. The summed E-state index contributed by atoms with van der Waals surface area (Å²) in [6.45, 7) is 16.0. The molecule has 0 saturated heterocycles. The summed E-state index contributed by atoms with van der Waals surface area (Å²) in [4.78, 5) is 0. The van der Waals surface area contributed by atoms with Crippen molar-refractivity contribution in [2.24, 2.45) is 0 Å². The van der Waals surface area contributed by atoms with Crippen molar-refractivity contribution in [2.45, 2.75) is 62.0 Å². The summed E-state index contributed by atoms with van der Waals surface area (Å²) in [6.07, 6.45) is 0. The summed E-state index contributed by atoms with van der Waals surface area (Å²) < 4.78 is 0. The fourth-order valence-corrected chi connectivity index (χ4v) is 1.23. The van der Waals surface area contributed by atoms with E-state index in [4.69, 9.17) is 16.7 Å². The van der Waals surface area contributed by atoms with E-state index in [9.17, 15) is 0 Å². The van der Waals surface area contributed by atoms with Gasteiger partial charge in [-0.05, 0) is 36.6 Å². The molecule has 0 aliphatic rings. The SMILES string of the molecule is CC.CC.CC.Cc1cc(CO)c(C)cc1Cl. The van der Waals surface area contributed by atoms with Gasteiger partial charge in [-0.3, -0.25) is 0 Å². The highest BCUT2D eigenvalue weighted by atomic mass is 35.5. The molecule has 0 atom stereocenters. The third-order valence-corrected chi connectivity index (χ3v) is 2.19. The molecule has 17 heavy (non-hydrogen) atoms. The van der Waals surface area contributed by atoms with Gasteiger partial charge in [-0.15, -0.1) is 0 Å². The van der Waals surface area contributed by atoms with Gasteiger partial charge in [0.2, 0.25) is 0 Å². The predicted octanol–water partition coefficient (Wildman–Crippen LogP) is 5.53. The van der Waals surface area contributed by atoms with Gasteiger partial charge < -0.3 is 5.11 Å². The summed E-state index contributed by atoms with van der Waals surface area (Å²) >= 11 is 5.86. The topological polar surface area (TPSA) is 20.2 Å². The first-order valence-corrected chi connectivity index (χ1v) is 6.89. The van der Waals surface area contributed by atoms with Gasteiger partial charge in [-0.2, -0.15) is 0 Å². The monoisotopic (exact) mass is 260 g/mol. The van der Waals surface area contributed by atoms with Crippen LogP contribution in [0, 0.1) is 13.8 Å². The molecule has 1 N–H and O–H groups in total. The lowest BCUT2D eigenvalue weighted by atomic mass is 10.1. The molecular weight excluding hydrogens is 232 g/mol. The highest BCUT2D eigenvalue weighted by Crippen LogP contribution is 2.20. The van der Waals surface area contributed by atoms with E-state index >= 15 is 0 Å². The zero-order chi connectivity index (χ0) is 14.4. The molecule has 1 nitrogen and oxygen atoms in total. The van der Waals surface area contributed by atoms with Crippen LogP contribution < -0.4 is 0 Å². The fourth-order valence-electron chi connectivity index (χ4n) is 1.01. The Balaban J connectivity index is -0.000000285. The second-order valence-corrected chi connectivity index (χ2v) is 3.09. The average Bonchev–Trinajstić information content (AvgIpc) is 2.41. The van der Waals surface area contributed by atoms with Crippen molar-refractivity contribution in [3.05, 3.63) is 33.8 Å². The zero-order valence-corrected chi connectivity index (χ0v) is 13.4. The van der Waals surface area contributed by atoms with Crippen molar-refractivity contribution in [3.8, 4) is 0 Å². The predicted molar refractivity (Wildman–Crippen MR) is 80.9 cm³/mol. The third-order valence-electron chi connectivity index (χ3n) is 1.79. The largest absolute Gasteiger partial charge is 0.392 e. The Bertz CT molecular complexity index is 270. The minimum atomic E-state index is 0.0871. The Morgan fingerprint density at radius 1 is 0.882 bits per heavy atom. The zero-order valence-electron chi connectivity index (χ0n) is 12.7. The smallest absolute Gasteiger partial charge is 0.0684 e. The molecule has 102 valence electrons. The number of aryl methyl sites for hydroxylation is 2. The molecule has 0 bridgehead atoms. The van der Waals surface area contributed by atoms with Crippen molar-refractivity contribution in [1.82, 2.24) is 0 Å². The lowest BCUT2D eigenvalue weighted by molar-refractivity contribution is 0.281. The Morgan fingerprint density at radius 2 is 1.29 bits per heavy atom. The van der Waals surface area contributed by atoms with E-state index in [0.29, 0.717) is 0 Å². The number of aliphatic hydroxyl groups is 1. The molecule has 0 spiro atoms. The van der Waals surface area contributed by atoms with Crippen LogP contribution >= 0.6 is 11.6 Å². The van der Waals surface area contributed by atoms with Gasteiger partial charge in [0.05, 0.1) is 6.61 Å². The van der Waals surface area contributed by atoms with Crippen LogP contribution in [0.3, 0.4) is 0 Å². The van der Waals surface area contributed by atoms with Crippen molar-refractivity contribution in [3.63, 3.8) is 0 Å². The Labute approximate surface area is 113 Å². The molecule has 2 heteroatoms. The fraction of sp³-hybridized carbons (Fsp3) is 0.600. The van der Waals surface area contributed by atoms with Gasteiger partial charge in [0.15, 0.2) is 0 Å². The summed E-state index contributed by atoms with van der Waals surface area (Å²) in [5, 5.41) is 9.65. The molecule has 0 heterocycles. The van der Waals surface area contributed by atoms with E-state index in [1.54, 1.807) is 0 Å². The van der Waals surface area contributed by atoms with Crippen molar-refractivity contribution < 1.29 is 5.11 Å². The van der Waals surface area contributed by atoms with Crippen LogP contribution in [0.25, 0.3) is 0 Å². The van der Waals surface area contributed by atoms with E-state index in [-0.39, 0.29) is 6.61 Å². The van der Waals surface area contributed by atoms with Crippen LogP contribution in [0.15, 0.2) is 12.1 Å². The van der Waals surface area contributed by atoms with Crippen LogP contribution in [0.5, 0.6) is 0 Å². The average molecular weight is 261 g/mol. The first-order valence-electron chi connectivity index (χ1n) is 6.51. The number of benzene rings is 1. The molecule has 1 aromatic rings. The van der Waals surface area contributed by atoms with E-state index < -0.39 is 0 Å². The molecule has 0 aliphatic carbocycles. The summed E-state index contributed by atoms with van der Waals surface area (Å²) in [7, 11) is 0. The van der Waals surface area contributed by atoms with Crippen LogP contribution in [-0.2, 0) is 6.61 Å². The number of aliphatic hydroxyl groups excluding tert-OH is 1. The van der Waals surface area contributed by atoms with E-state index in [2.05, 4.69) is 0 Å². The number of hydrogen-bond acceptors (Lipinski definition) is 1. The summed E-state index contributed by atoms with van der Waals surface area (Å²) in [5.74, 6) is 0. The highest BCUT2D eigenvalue weighted by Gasteiger charge is 2.00. The van der Waals surface area contributed by atoms with Crippen LogP contribution in [-0.4, -0.2) is 5.11 Å². The van der Waals surface area contributed by atoms with Gasteiger partial charge in [-0.1, -0.05) is 59.2 Å². The van der Waals surface area contributed by atoms with Gasteiger partial charge in [0, 0.05) is 5.02 Å². The second kappa shape index (κ2) is 15.5. The first-order chi connectivity index (χ1) is 8.15. The highest BCUT2D eigenvalue weighted by molar-refractivity contribution is 6.31. The Hall–Kier alpha value is -0.530. The van der Waals surface area contributed by atoms with Crippen molar-refractivity contribution in [1.29, 1.82) is 0 Å². The van der Waals surface area contributed by atoms with Crippen LogP contribution in [0.2, 0.25) is 5.02 Å². The molecular formula is C15H29ClO. The standard InChI is InChI=1S/C9H11ClO.3C2H6/c1-6-4-9(10)7(2)3-8(6)5-11;3*1-2/h3-4,11H,5H2,1-2H3;3*1-2H3. The second-order valence-electron chi connectivity index (χ2n) is 2.69. The Kier molecular flexibility index (Phi) is 19.8. The Morgan fingerprint density at radius 3 is 1.65 bits per heavy atom. The maximum atomic E-state index is 8.89. The number of halogens is 1. The number of rotatable bonds is 1. The van der Waals surface area contributed by atoms with Gasteiger partial charge >= 0.3 is 0 Å². The molecule has 0 amide bonds.